The first-order valence-corrected chi connectivity index (χ1v) is 10.5. The summed E-state index contributed by atoms with van der Waals surface area (Å²) in [5.41, 5.74) is 6.84. The van der Waals surface area contributed by atoms with Crippen molar-refractivity contribution < 1.29 is 4.74 Å². The largest absolute Gasteiger partial charge is 0.457 e. The summed E-state index contributed by atoms with van der Waals surface area (Å²) >= 11 is 0. The van der Waals surface area contributed by atoms with Gasteiger partial charge in [0.25, 0.3) is 0 Å². The summed E-state index contributed by atoms with van der Waals surface area (Å²) in [6, 6.07) is 8.80. The Morgan fingerprint density at radius 3 is 2.59 bits per heavy atom. The van der Waals surface area contributed by atoms with Crippen LogP contribution in [0.3, 0.4) is 0 Å². The molecule has 0 amide bonds. The van der Waals surface area contributed by atoms with Crippen molar-refractivity contribution in [3.05, 3.63) is 64.5 Å². The van der Waals surface area contributed by atoms with Crippen LogP contribution in [-0.2, 0) is 0 Å². The third-order valence-corrected chi connectivity index (χ3v) is 5.79. The second-order valence-electron chi connectivity index (χ2n) is 8.83. The molecule has 1 aliphatic carbocycles. The number of fused-ring (bicyclic) bond motifs is 1. The molecule has 1 aromatic rings. The second kappa shape index (κ2) is 8.33. The molecule has 0 aromatic heterocycles. The summed E-state index contributed by atoms with van der Waals surface area (Å²) in [7, 11) is 0. The van der Waals surface area contributed by atoms with Crippen LogP contribution in [-0.4, -0.2) is 13.1 Å². The highest BCUT2D eigenvalue weighted by molar-refractivity contribution is 5.76. The van der Waals surface area contributed by atoms with Gasteiger partial charge in [-0.05, 0) is 87.0 Å². The number of hydrogen-bond donors (Lipinski definition) is 0. The minimum absolute atomic E-state index is 0.135. The van der Waals surface area contributed by atoms with Crippen LogP contribution in [0.2, 0.25) is 0 Å². The summed E-state index contributed by atoms with van der Waals surface area (Å²) < 4.78 is 6.31. The Balaban J connectivity index is 1.97. The van der Waals surface area contributed by atoms with E-state index in [2.05, 4.69) is 82.0 Å². The molecule has 0 bridgehead atoms. The van der Waals surface area contributed by atoms with Crippen molar-refractivity contribution in [2.75, 3.05) is 18.0 Å². The highest BCUT2D eigenvalue weighted by Gasteiger charge is 2.26. The second-order valence-corrected chi connectivity index (χ2v) is 8.83. The van der Waals surface area contributed by atoms with E-state index in [0.29, 0.717) is 0 Å². The molecule has 1 heterocycles. The van der Waals surface area contributed by atoms with Crippen LogP contribution < -0.4 is 9.64 Å². The Hall–Kier alpha value is -2.73. The van der Waals surface area contributed by atoms with E-state index in [4.69, 9.17) is 4.74 Å². The normalized spacial score (nSPS) is 20.8. The van der Waals surface area contributed by atoms with Crippen molar-refractivity contribution in [2.24, 2.45) is 5.41 Å². The van der Waals surface area contributed by atoms with Crippen LogP contribution in [0, 0.1) is 16.7 Å². The first-order valence-electron chi connectivity index (χ1n) is 10.5. The zero-order chi connectivity index (χ0) is 21.2. The fraction of sp³-hybridized carbons (Fsp3) is 0.423. The van der Waals surface area contributed by atoms with Crippen molar-refractivity contribution in [1.29, 1.82) is 5.26 Å². The highest BCUT2D eigenvalue weighted by Crippen LogP contribution is 2.41. The lowest BCUT2D eigenvalue weighted by molar-refractivity contribution is 0.353. The van der Waals surface area contributed by atoms with Crippen LogP contribution in [0.15, 0.2) is 58.9 Å². The van der Waals surface area contributed by atoms with E-state index >= 15 is 0 Å². The number of ether oxygens (including phenoxy) is 1. The van der Waals surface area contributed by atoms with Gasteiger partial charge in [0.2, 0.25) is 0 Å². The van der Waals surface area contributed by atoms with Gasteiger partial charge in [0, 0.05) is 36.0 Å². The lowest BCUT2D eigenvalue weighted by Gasteiger charge is -2.31. The third kappa shape index (κ3) is 4.65. The summed E-state index contributed by atoms with van der Waals surface area (Å²) in [4.78, 5) is 2.33. The van der Waals surface area contributed by atoms with E-state index < -0.39 is 0 Å². The van der Waals surface area contributed by atoms with Crippen molar-refractivity contribution in [3.8, 4) is 11.8 Å². The Morgan fingerprint density at radius 2 is 1.93 bits per heavy atom. The van der Waals surface area contributed by atoms with Gasteiger partial charge >= 0.3 is 0 Å². The Morgan fingerprint density at radius 1 is 1.21 bits per heavy atom. The molecule has 1 aliphatic heterocycles. The molecule has 2 aliphatic rings. The van der Waals surface area contributed by atoms with Crippen molar-refractivity contribution >= 4 is 11.3 Å². The van der Waals surface area contributed by atoms with Crippen LogP contribution in [0.5, 0.6) is 5.75 Å². The molecule has 0 saturated heterocycles. The van der Waals surface area contributed by atoms with Crippen LogP contribution >= 0.6 is 0 Å². The molecular weight excluding hydrogens is 356 g/mol. The highest BCUT2D eigenvalue weighted by atomic mass is 16.5. The molecule has 3 heteroatoms. The van der Waals surface area contributed by atoms with E-state index in [9.17, 15) is 5.26 Å². The monoisotopic (exact) mass is 388 g/mol. The number of anilines is 1. The Bertz CT molecular complexity index is 963. The van der Waals surface area contributed by atoms with Crippen LogP contribution in [0.1, 0.15) is 59.9 Å². The number of nitrogens with zero attached hydrogens (tertiary/aromatic N) is 2. The van der Waals surface area contributed by atoms with Gasteiger partial charge in [-0.15, -0.1) is 0 Å². The third-order valence-electron chi connectivity index (χ3n) is 5.79. The van der Waals surface area contributed by atoms with Gasteiger partial charge in [0.15, 0.2) is 0 Å². The van der Waals surface area contributed by atoms with Gasteiger partial charge < -0.3 is 9.64 Å². The van der Waals surface area contributed by atoms with E-state index in [1.54, 1.807) is 0 Å². The molecule has 29 heavy (non-hydrogen) atoms. The van der Waals surface area contributed by atoms with E-state index in [1.807, 2.05) is 6.92 Å². The molecule has 0 radical (unpaired) electrons. The summed E-state index contributed by atoms with van der Waals surface area (Å²) in [6.45, 7) is 14.9. The van der Waals surface area contributed by atoms with Gasteiger partial charge in [-0.2, -0.15) is 5.26 Å². The van der Waals surface area contributed by atoms with Crippen LogP contribution in [0.25, 0.3) is 5.57 Å². The molecule has 3 rings (SSSR count). The zero-order valence-corrected chi connectivity index (χ0v) is 18.6. The number of allylic oxidation sites excluding steroid dienone is 7. The summed E-state index contributed by atoms with van der Waals surface area (Å²) in [5, 5.41) is 9.33. The van der Waals surface area contributed by atoms with Gasteiger partial charge in [-0.3, -0.25) is 0 Å². The SMILES string of the molecule is CCN(CC)c1ccc2c(c1)O/C(=C/C1=CC(=C(/C)C#N)/CC(C)(C)C1)C=C2C. The van der Waals surface area contributed by atoms with Crippen LogP contribution in [0.4, 0.5) is 5.69 Å². The number of nitriles is 1. The first-order chi connectivity index (χ1) is 13.8. The van der Waals surface area contributed by atoms with Gasteiger partial charge in [-0.25, -0.2) is 0 Å². The van der Waals surface area contributed by atoms with Gasteiger partial charge in [-0.1, -0.05) is 19.9 Å². The lowest BCUT2D eigenvalue weighted by Crippen LogP contribution is -2.22. The molecule has 152 valence electrons. The molecule has 3 nitrogen and oxygen atoms in total. The van der Waals surface area contributed by atoms with Gasteiger partial charge in [0.1, 0.15) is 11.5 Å². The number of benzene rings is 1. The minimum atomic E-state index is 0.135. The molecular formula is C26H32N2O. The predicted octanol–water partition coefficient (Wildman–Crippen LogP) is 6.80. The van der Waals surface area contributed by atoms with E-state index in [0.717, 1.165) is 54.1 Å². The summed E-state index contributed by atoms with van der Waals surface area (Å²) in [5.74, 6) is 1.78. The predicted molar refractivity (Wildman–Crippen MR) is 122 cm³/mol. The van der Waals surface area contributed by atoms with E-state index in [1.165, 1.54) is 16.8 Å². The minimum Gasteiger partial charge on any atom is -0.457 e. The first kappa shape index (κ1) is 21.0. The lowest BCUT2D eigenvalue weighted by atomic mass is 9.74. The Kier molecular flexibility index (Phi) is 6.03. The maximum atomic E-state index is 9.33. The van der Waals surface area contributed by atoms with Crippen molar-refractivity contribution in [3.63, 3.8) is 0 Å². The number of rotatable bonds is 4. The molecule has 0 N–H and O–H groups in total. The summed E-state index contributed by atoms with van der Waals surface area (Å²) in [6.07, 6.45) is 8.34. The molecule has 0 saturated carbocycles. The fourth-order valence-electron chi connectivity index (χ4n) is 4.27. The molecule has 0 atom stereocenters. The smallest absolute Gasteiger partial charge is 0.136 e. The Labute approximate surface area is 175 Å². The van der Waals surface area contributed by atoms with Crippen molar-refractivity contribution in [2.45, 2.75) is 54.4 Å². The molecule has 0 spiro atoms. The van der Waals surface area contributed by atoms with Gasteiger partial charge in [0.05, 0.1) is 6.07 Å². The maximum Gasteiger partial charge on any atom is 0.136 e. The molecule has 0 unspecified atom stereocenters. The maximum absolute atomic E-state index is 9.33. The average molecular weight is 389 g/mol. The molecule has 0 fully saturated rings. The average Bonchev–Trinajstić information content (AvgIpc) is 2.66. The van der Waals surface area contributed by atoms with Crippen molar-refractivity contribution in [1.82, 2.24) is 0 Å². The fourth-order valence-corrected chi connectivity index (χ4v) is 4.27. The quantitative estimate of drug-likeness (QED) is 0.532. The molecule has 1 aromatic carbocycles. The topological polar surface area (TPSA) is 36.3 Å². The number of hydrogen-bond acceptors (Lipinski definition) is 3. The standard InChI is InChI=1S/C26H32N2O/c1-7-28(8-2)22-9-10-24-18(3)11-23(29-25(24)14-22)13-20-12-21(19(4)17-27)16-26(5,6)15-20/h9-14H,7-8,15-16H2,1-6H3/b21-19+,23-13+. The van der Waals surface area contributed by atoms with E-state index in [-0.39, 0.29) is 5.41 Å². The zero-order valence-electron chi connectivity index (χ0n) is 18.6.